The third kappa shape index (κ3) is 4.70. The fraction of sp³-hybridized carbons (Fsp3) is 0.250. The number of rotatable bonds is 6. The molecule has 1 N–H and O–H groups in total. The summed E-state index contributed by atoms with van der Waals surface area (Å²) in [5.41, 5.74) is 1.36. The lowest BCUT2D eigenvalue weighted by Crippen LogP contribution is -2.13. The molecule has 0 fully saturated rings. The van der Waals surface area contributed by atoms with Gasteiger partial charge >= 0.3 is 5.97 Å². The second-order valence-electron chi connectivity index (χ2n) is 4.69. The largest absolute Gasteiger partial charge is 0.465 e. The van der Waals surface area contributed by atoms with E-state index in [2.05, 4.69) is 5.32 Å². The molecule has 2 rings (SSSR count). The SMILES string of the molecule is COC(=O)c1sc(-c2ccc(Cl)cc2)cc1NC(=O)CCCCl. The van der Waals surface area contributed by atoms with E-state index in [1.165, 1.54) is 18.4 Å². The quantitative estimate of drug-likeness (QED) is 0.585. The molecule has 122 valence electrons. The number of hydrogen-bond acceptors (Lipinski definition) is 4. The summed E-state index contributed by atoms with van der Waals surface area (Å²) in [6, 6.07) is 9.02. The third-order valence-electron chi connectivity index (χ3n) is 3.04. The number of anilines is 1. The number of thiophene rings is 1. The lowest BCUT2D eigenvalue weighted by atomic mass is 10.2. The molecular weight excluding hydrogens is 357 g/mol. The summed E-state index contributed by atoms with van der Waals surface area (Å²) in [5.74, 6) is -0.254. The number of hydrogen-bond donors (Lipinski definition) is 1. The second-order valence-corrected chi connectivity index (χ2v) is 6.56. The van der Waals surface area contributed by atoms with Crippen LogP contribution in [-0.2, 0) is 9.53 Å². The van der Waals surface area contributed by atoms with Crippen molar-refractivity contribution in [2.75, 3.05) is 18.3 Å². The highest BCUT2D eigenvalue weighted by Crippen LogP contribution is 2.35. The van der Waals surface area contributed by atoms with Gasteiger partial charge in [0, 0.05) is 22.2 Å². The molecule has 0 aliphatic rings. The van der Waals surface area contributed by atoms with Crippen LogP contribution in [0, 0.1) is 0 Å². The maximum absolute atomic E-state index is 11.9. The van der Waals surface area contributed by atoms with Gasteiger partial charge in [0.1, 0.15) is 4.88 Å². The third-order valence-corrected chi connectivity index (χ3v) is 4.73. The van der Waals surface area contributed by atoms with Crippen LogP contribution in [0.3, 0.4) is 0 Å². The van der Waals surface area contributed by atoms with Crippen molar-refractivity contribution in [3.05, 3.63) is 40.2 Å². The van der Waals surface area contributed by atoms with E-state index >= 15 is 0 Å². The normalized spacial score (nSPS) is 10.4. The highest BCUT2D eigenvalue weighted by molar-refractivity contribution is 7.18. The Hall–Kier alpha value is -1.56. The van der Waals surface area contributed by atoms with Crippen molar-refractivity contribution in [1.82, 2.24) is 0 Å². The molecule has 0 bridgehead atoms. The van der Waals surface area contributed by atoms with Crippen molar-refractivity contribution in [1.29, 1.82) is 0 Å². The number of amides is 1. The van der Waals surface area contributed by atoms with E-state index in [9.17, 15) is 9.59 Å². The summed E-state index contributed by atoms with van der Waals surface area (Å²) in [7, 11) is 1.31. The predicted molar refractivity (Wildman–Crippen MR) is 94.7 cm³/mol. The molecule has 1 aromatic heterocycles. The number of carbonyl (C=O) groups excluding carboxylic acids is 2. The number of nitrogens with one attached hydrogen (secondary N) is 1. The number of alkyl halides is 1. The van der Waals surface area contributed by atoms with Crippen LogP contribution in [0.2, 0.25) is 5.02 Å². The number of benzene rings is 1. The highest BCUT2D eigenvalue weighted by atomic mass is 35.5. The Morgan fingerprint density at radius 1 is 1.26 bits per heavy atom. The summed E-state index contributed by atoms with van der Waals surface area (Å²) < 4.78 is 4.79. The molecule has 1 amide bonds. The first kappa shape index (κ1) is 17.8. The fourth-order valence-corrected chi connectivity index (χ4v) is 3.22. The molecule has 0 aliphatic carbocycles. The number of carbonyl (C=O) groups is 2. The van der Waals surface area contributed by atoms with Gasteiger partial charge < -0.3 is 10.1 Å². The average molecular weight is 372 g/mol. The Balaban J connectivity index is 2.30. The van der Waals surface area contributed by atoms with Crippen LogP contribution in [-0.4, -0.2) is 24.9 Å². The van der Waals surface area contributed by atoms with Crippen molar-refractivity contribution in [2.45, 2.75) is 12.8 Å². The molecule has 1 heterocycles. The highest BCUT2D eigenvalue weighted by Gasteiger charge is 2.19. The van der Waals surface area contributed by atoms with Crippen LogP contribution in [0.4, 0.5) is 5.69 Å². The lowest BCUT2D eigenvalue weighted by Gasteiger charge is -2.04. The van der Waals surface area contributed by atoms with Gasteiger partial charge in [-0.1, -0.05) is 23.7 Å². The van der Waals surface area contributed by atoms with E-state index in [0.717, 1.165) is 10.4 Å². The summed E-state index contributed by atoms with van der Waals surface area (Å²) in [6.07, 6.45) is 0.880. The minimum atomic E-state index is -0.483. The van der Waals surface area contributed by atoms with E-state index in [1.807, 2.05) is 12.1 Å². The lowest BCUT2D eigenvalue weighted by molar-refractivity contribution is -0.116. The zero-order valence-electron chi connectivity index (χ0n) is 12.4. The summed E-state index contributed by atoms with van der Waals surface area (Å²) in [4.78, 5) is 25.0. The zero-order chi connectivity index (χ0) is 16.8. The van der Waals surface area contributed by atoms with E-state index < -0.39 is 5.97 Å². The van der Waals surface area contributed by atoms with Crippen LogP contribution < -0.4 is 5.32 Å². The Labute approximate surface area is 148 Å². The molecule has 0 saturated heterocycles. The Morgan fingerprint density at radius 2 is 1.96 bits per heavy atom. The van der Waals surface area contributed by atoms with Gasteiger partial charge in [-0.15, -0.1) is 22.9 Å². The molecule has 7 heteroatoms. The summed E-state index contributed by atoms with van der Waals surface area (Å²) in [6.45, 7) is 0. The first-order valence-electron chi connectivity index (χ1n) is 6.89. The fourth-order valence-electron chi connectivity index (χ4n) is 1.92. The van der Waals surface area contributed by atoms with Crippen LogP contribution in [0.15, 0.2) is 30.3 Å². The Bertz CT molecular complexity index is 698. The molecule has 0 radical (unpaired) electrons. The van der Waals surface area contributed by atoms with Gasteiger partial charge in [0.15, 0.2) is 0 Å². The van der Waals surface area contributed by atoms with Gasteiger partial charge in [-0.3, -0.25) is 4.79 Å². The molecule has 0 unspecified atom stereocenters. The number of esters is 1. The van der Waals surface area contributed by atoms with Crippen molar-refractivity contribution in [3.63, 3.8) is 0 Å². The van der Waals surface area contributed by atoms with Gasteiger partial charge in [-0.25, -0.2) is 4.79 Å². The number of ether oxygens (including phenoxy) is 1. The van der Waals surface area contributed by atoms with Gasteiger partial charge in [0.05, 0.1) is 12.8 Å². The Kier molecular flexibility index (Phi) is 6.45. The molecule has 2 aromatic rings. The van der Waals surface area contributed by atoms with Gasteiger partial charge in [0.2, 0.25) is 5.91 Å². The Morgan fingerprint density at radius 3 is 2.57 bits per heavy atom. The van der Waals surface area contributed by atoms with Crippen LogP contribution in [0.5, 0.6) is 0 Å². The maximum atomic E-state index is 11.9. The summed E-state index contributed by atoms with van der Waals surface area (Å²) >= 11 is 12.7. The van der Waals surface area contributed by atoms with E-state index in [-0.39, 0.29) is 5.91 Å². The molecule has 23 heavy (non-hydrogen) atoms. The van der Waals surface area contributed by atoms with Crippen molar-refractivity contribution in [3.8, 4) is 10.4 Å². The smallest absolute Gasteiger partial charge is 0.350 e. The molecule has 0 saturated carbocycles. The molecule has 0 spiro atoms. The van der Waals surface area contributed by atoms with Crippen molar-refractivity contribution < 1.29 is 14.3 Å². The van der Waals surface area contributed by atoms with E-state index in [1.54, 1.807) is 18.2 Å². The van der Waals surface area contributed by atoms with Gasteiger partial charge in [0.25, 0.3) is 0 Å². The monoisotopic (exact) mass is 371 g/mol. The first-order chi connectivity index (χ1) is 11.0. The van der Waals surface area contributed by atoms with Crippen molar-refractivity contribution >= 4 is 52.1 Å². The molecule has 1 aromatic carbocycles. The van der Waals surface area contributed by atoms with Crippen molar-refractivity contribution in [2.24, 2.45) is 0 Å². The second kappa shape index (κ2) is 8.34. The van der Waals surface area contributed by atoms with Crippen LogP contribution in [0.25, 0.3) is 10.4 Å². The minimum absolute atomic E-state index is 0.184. The van der Waals surface area contributed by atoms with E-state index in [0.29, 0.717) is 34.3 Å². The van der Waals surface area contributed by atoms with Crippen LogP contribution >= 0.6 is 34.5 Å². The number of halogens is 2. The average Bonchev–Trinajstić information content (AvgIpc) is 2.96. The van der Waals surface area contributed by atoms with Crippen LogP contribution in [0.1, 0.15) is 22.5 Å². The minimum Gasteiger partial charge on any atom is -0.465 e. The molecule has 0 aliphatic heterocycles. The topological polar surface area (TPSA) is 55.4 Å². The summed E-state index contributed by atoms with van der Waals surface area (Å²) in [5, 5.41) is 3.38. The van der Waals surface area contributed by atoms with Gasteiger partial charge in [-0.05, 0) is 30.2 Å². The predicted octanol–water partition coefficient (Wildman–Crippen LogP) is 4.81. The van der Waals surface area contributed by atoms with E-state index in [4.69, 9.17) is 27.9 Å². The first-order valence-corrected chi connectivity index (χ1v) is 8.62. The molecule has 4 nitrogen and oxygen atoms in total. The maximum Gasteiger partial charge on any atom is 0.350 e. The van der Waals surface area contributed by atoms with Gasteiger partial charge in [-0.2, -0.15) is 0 Å². The molecule has 0 atom stereocenters. The standard InChI is InChI=1S/C16H15Cl2NO3S/c1-22-16(21)15-12(19-14(20)3-2-8-17)9-13(23-15)10-4-6-11(18)7-5-10/h4-7,9H,2-3,8H2,1H3,(H,19,20). The zero-order valence-corrected chi connectivity index (χ0v) is 14.7. The number of methoxy groups -OCH3 is 1. The molecular formula is C16H15Cl2NO3S.